The van der Waals surface area contributed by atoms with Crippen molar-refractivity contribution in [2.75, 3.05) is 0 Å². The smallest absolute Gasteiger partial charge is 0.155 e. The van der Waals surface area contributed by atoms with E-state index in [1.807, 2.05) is 12.2 Å². The lowest BCUT2D eigenvalue weighted by atomic mass is 9.47. The van der Waals surface area contributed by atoms with Gasteiger partial charge in [0.25, 0.3) is 0 Å². The van der Waals surface area contributed by atoms with Crippen LogP contribution in [0.1, 0.15) is 137 Å². The molecule has 0 aromatic rings. The van der Waals surface area contributed by atoms with Gasteiger partial charge in [0.15, 0.2) is 11.6 Å². The minimum absolute atomic E-state index is 0.0609. The predicted octanol–water partition coefficient (Wildman–Crippen LogP) is 8.61. The van der Waals surface area contributed by atoms with Crippen molar-refractivity contribution in [3.05, 3.63) is 23.3 Å². The van der Waals surface area contributed by atoms with E-state index in [4.69, 9.17) is 6.42 Å². The Balaban J connectivity index is 0.000000147. The monoisotopic (exact) mass is 626 g/mol. The van der Waals surface area contributed by atoms with Crippen molar-refractivity contribution < 1.29 is 19.5 Å². The standard InChI is InChI=1S/C21H30O2.C21H28O2/c1-13(22)17-6-7-18-16-5-4-14-12-15(23)8-10-20(14,2)19(16)9-11-21(17,18)3;1-3-20-11-9-17-16-8-6-15(22)13-14(16)5-7-18(17)19(20)10-12-21(20,23)4-2/h12,16-19H,4-11H2,1-3H3;2,13,16-19,23H,3,5-12H2,1H3/t16-,17+,18-,19-,20-,21+;16-,17+,18+,19-,20-,21-/m00/s1. The maximum atomic E-state index is 12.1. The number of aliphatic hydroxyl groups is 1. The molecule has 0 saturated heterocycles. The first-order valence-corrected chi connectivity index (χ1v) is 19.1. The number of carbonyl (C=O) groups excluding carboxylic acids is 3. The highest BCUT2D eigenvalue weighted by molar-refractivity contribution is 5.92. The van der Waals surface area contributed by atoms with Crippen LogP contribution in [-0.4, -0.2) is 28.1 Å². The summed E-state index contributed by atoms with van der Waals surface area (Å²) in [5.74, 6) is 9.02. The molecular weight excluding hydrogens is 568 g/mol. The van der Waals surface area contributed by atoms with Crippen molar-refractivity contribution in [2.24, 2.45) is 63.6 Å². The lowest BCUT2D eigenvalue weighted by Gasteiger charge is -2.58. The molecule has 46 heavy (non-hydrogen) atoms. The zero-order valence-corrected chi connectivity index (χ0v) is 29.0. The fraction of sp³-hybridized carbons (Fsp3) is 0.786. The Morgan fingerprint density at radius 1 is 0.804 bits per heavy atom. The molecule has 0 unspecified atom stereocenters. The van der Waals surface area contributed by atoms with Crippen LogP contribution in [0.3, 0.4) is 0 Å². The first-order valence-electron chi connectivity index (χ1n) is 19.1. The molecule has 8 rings (SSSR count). The maximum absolute atomic E-state index is 12.1. The molecule has 0 spiro atoms. The molecule has 6 fully saturated rings. The molecular formula is C42H58O4. The summed E-state index contributed by atoms with van der Waals surface area (Å²) in [5.41, 5.74) is 2.42. The Morgan fingerprint density at radius 2 is 1.54 bits per heavy atom. The normalized spacial score (nSPS) is 48.9. The summed E-state index contributed by atoms with van der Waals surface area (Å²) in [6.07, 6.45) is 27.8. The lowest BCUT2D eigenvalue weighted by Crippen LogP contribution is -2.53. The number of fused-ring (bicyclic) bond motifs is 10. The van der Waals surface area contributed by atoms with Crippen LogP contribution in [0.5, 0.6) is 0 Å². The first kappa shape index (κ1) is 32.6. The van der Waals surface area contributed by atoms with Crippen molar-refractivity contribution in [3.63, 3.8) is 0 Å². The minimum atomic E-state index is -0.893. The Hall–Kier alpha value is -1.99. The fourth-order valence-electron chi connectivity index (χ4n) is 14.2. The molecule has 0 aromatic heterocycles. The summed E-state index contributed by atoms with van der Waals surface area (Å²) < 4.78 is 0. The van der Waals surface area contributed by atoms with Crippen LogP contribution in [0.2, 0.25) is 0 Å². The Bertz CT molecular complexity index is 1400. The van der Waals surface area contributed by atoms with Crippen LogP contribution in [0.4, 0.5) is 0 Å². The number of terminal acetylenes is 1. The molecule has 0 bridgehead atoms. The molecule has 6 saturated carbocycles. The average molecular weight is 627 g/mol. The van der Waals surface area contributed by atoms with Crippen LogP contribution < -0.4 is 0 Å². The summed E-state index contributed by atoms with van der Waals surface area (Å²) in [6.45, 7) is 8.86. The van der Waals surface area contributed by atoms with Crippen LogP contribution in [-0.2, 0) is 14.4 Å². The highest BCUT2D eigenvalue weighted by Crippen LogP contribution is 2.68. The summed E-state index contributed by atoms with van der Waals surface area (Å²) in [5, 5.41) is 11.1. The fourth-order valence-corrected chi connectivity index (χ4v) is 14.2. The van der Waals surface area contributed by atoms with Gasteiger partial charge in [0.05, 0.1) is 0 Å². The van der Waals surface area contributed by atoms with Crippen LogP contribution in [0.25, 0.3) is 0 Å². The summed E-state index contributed by atoms with van der Waals surface area (Å²) in [4.78, 5) is 35.8. The summed E-state index contributed by atoms with van der Waals surface area (Å²) >= 11 is 0. The van der Waals surface area contributed by atoms with Gasteiger partial charge in [-0.15, -0.1) is 6.42 Å². The number of Topliss-reactive ketones (excluding diaryl/α,β-unsaturated/α-hetero) is 1. The molecule has 1 N–H and O–H groups in total. The van der Waals surface area contributed by atoms with Crippen molar-refractivity contribution >= 4 is 17.3 Å². The van der Waals surface area contributed by atoms with Gasteiger partial charge in [-0.2, -0.15) is 0 Å². The number of carbonyl (C=O) groups is 3. The zero-order chi connectivity index (χ0) is 32.6. The van der Waals surface area contributed by atoms with Gasteiger partial charge >= 0.3 is 0 Å². The van der Waals surface area contributed by atoms with E-state index in [1.165, 1.54) is 49.7 Å². The third-order valence-corrected chi connectivity index (χ3v) is 16.5. The third-order valence-electron chi connectivity index (χ3n) is 16.5. The quantitative estimate of drug-likeness (QED) is 0.312. The number of hydrogen-bond acceptors (Lipinski definition) is 4. The molecule has 4 nitrogen and oxygen atoms in total. The van der Waals surface area contributed by atoms with Gasteiger partial charge in [0.1, 0.15) is 11.4 Å². The van der Waals surface area contributed by atoms with Crippen molar-refractivity contribution in [1.82, 2.24) is 0 Å². The van der Waals surface area contributed by atoms with Gasteiger partial charge in [-0.1, -0.05) is 37.8 Å². The van der Waals surface area contributed by atoms with Gasteiger partial charge in [-0.05, 0) is 168 Å². The SMILES string of the molecule is C#C[C@]1(O)CC[C@H]2[C@@H]3CCC4=CC(=O)CC[C@@H]4[C@H]3CC[C@@]21CC.CC(=O)[C@H]1CC[C@H]2[C@@H]3CCC4=CC(=O)CC[C@]4(C)[C@H]3CC[C@]12C. The van der Waals surface area contributed by atoms with Gasteiger partial charge < -0.3 is 5.11 Å². The topological polar surface area (TPSA) is 71.4 Å². The lowest BCUT2D eigenvalue weighted by molar-refractivity contribution is -0.128. The zero-order valence-electron chi connectivity index (χ0n) is 29.0. The molecule has 4 heteroatoms. The van der Waals surface area contributed by atoms with Gasteiger partial charge in [-0.3, -0.25) is 14.4 Å². The van der Waals surface area contributed by atoms with E-state index >= 15 is 0 Å². The second-order valence-corrected chi connectivity index (χ2v) is 17.6. The van der Waals surface area contributed by atoms with E-state index < -0.39 is 5.60 Å². The molecule has 0 aliphatic heterocycles. The Kier molecular flexibility index (Phi) is 8.18. The van der Waals surface area contributed by atoms with Crippen molar-refractivity contribution in [2.45, 2.75) is 142 Å². The number of rotatable bonds is 2. The highest BCUT2D eigenvalue weighted by atomic mass is 16.3. The average Bonchev–Trinajstić information content (AvgIpc) is 3.56. The first-order chi connectivity index (χ1) is 21.9. The molecule has 8 aliphatic carbocycles. The van der Waals surface area contributed by atoms with Gasteiger partial charge in [0, 0.05) is 24.2 Å². The predicted molar refractivity (Wildman–Crippen MR) is 181 cm³/mol. The molecule has 0 aromatic carbocycles. The maximum Gasteiger partial charge on any atom is 0.155 e. The van der Waals surface area contributed by atoms with Crippen LogP contribution in [0, 0.1) is 75.9 Å². The summed E-state index contributed by atoms with van der Waals surface area (Å²) in [6, 6.07) is 0. The minimum Gasteiger partial charge on any atom is -0.377 e. The van der Waals surface area contributed by atoms with E-state index in [2.05, 4.69) is 26.7 Å². The van der Waals surface area contributed by atoms with Crippen molar-refractivity contribution in [3.8, 4) is 12.3 Å². The number of hydrogen-bond donors (Lipinski definition) is 1. The van der Waals surface area contributed by atoms with Crippen LogP contribution in [0.15, 0.2) is 23.3 Å². The Morgan fingerprint density at radius 3 is 2.28 bits per heavy atom. The van der Waals surface area contributed by atoms with Gasteiger partial charge in [0.2, 0.25) is 0 Å². The largest absolute Gasteiger partial charge is 0.377 e. The molecule has 0 amide bonds. The third kappa shape index (κ3) is 4.67. The second-order valence-electron chi connectivity index (χ2n) is 17.6. The summed E-state index contributed by atoms with van der Waals surface area (Å²) in [7, 11) is 0. The number of allylic oxidation sites excluding steroid dienone is 2. The molecule has 250 valence electrons. The molecule has 0 radical (unpaired) electrons. The van der Waals surface area contributed by atoms with Crippen LogP contribution >= 0.6 is 0 Å². The van der Waals surface area contributed by atoms with Gasteiger partial charge in [-0.25, -0.2) is 0 Å². The van der Waals surface area contributed by atoms with E-state index in [0.29, 0.717) is 46.9 Å². The number of ketones is 3. The van der Waals surface area contributed by atoms with E-state index in [9.17, 15) is 19.5 Å². The van der Waals surface area contributed by atoms with Crippen molar-refractivity contribution in [1.29, 1.82) is 0 Å². The van der Waals surface area contributed by atoms with E-state index in [0.717, 1.165) is 88.4 Å². The molecule has 8 aliphatic rings. The van der Waals surface area contributed by atoms with E-state index in [-0.39, 0.29) is 16.2 Å². The molecule has 0 heterocycles. The highest BCUT2D eigenvalue weighted by Gasteiger charge is 2.63. The Labute approximate surface area is 278 Å². The molecule has 12 atom stereocenters. The van der Waals surface area contributed by atoms with E-state index in [1.54, 1.807) is 6.92 Å². The second kappa shape index (κ2) is 11.6.